The normalized spacial score (nSPS) is 12.4. The minimum absolute atomic E-state index is 0.357. The van der Waals surface area contributed by atoms with Gasteiger partial charge in [-0.2, -0.15) is 13.9 Å². The topological polar surface area (TPSA) is 71.2 Å². The first-order valence-electron chi connectivity index (χ1n) is 8.42. The summed E-state index contributed by atoms with van der Waals surface area (Å²) < 4.78 is 29.7. The predicted octanol–water partition coefficient (Wildman–Crippen LogP) is 3.34. The van der Waals surface area contributed by atoms with Gasteiger partial charge in [-0.15, -0.1) is 0 Å². The van der Waals surface area contributed by atoms with Crippen LogP contribution in [0.2, 0.25) is 0 Å². The van der Waals surface area contributed by atoms with Gasteiger partial charge in [0.1, 0.15) is 0 Å². The van der Waals surface area contributed by atoms with E-state index < -0.39 is 17.8 Å². The van der Waals surface area contributed by atoms with Crippen molar-refractivity contribution in [2.75, 3.05) is 0 Å². The van der Waals surface area contributed by atoms with Crippen LogP contribution in [0.5, 0.6) is 0 Å². The number of fused-ring (bicyclic) bond motifs is 2. The predicted molar refractivity (Wildman–Crippen MR) is 97.4 cm³/mol. The Balaban J connectivity index is 1.84. The van der Waals surface area contributed by atoms with Crippen LogP contribution in [-0.4, -0.2) is 31.3 Å². The molecule has 0 saturated heterocycles. The highest BCUT2D eigenvalue weighted by molar-refractivity contribution is 5.84. The second-order valence-electron chi connectivity index (χ2n) is 6.46. The molecule has 0 radical (unpaired) electrons. The van der Waals surface area contributed by atoms with Crippen LogP contribution in [0.3, 0.4) is 0 Å². The van der Waals surface area contributed by atoms with Gasteiger partial charge in [0.05, 0.1) is 23.3 Å². The molecule has 27 heavy (non-hydrogen) atoms. The van der Waals surface area contributed by atoms with Crippen LogP contribution in [0.15, 0.2) is 54.7 Å². The number of pyridine rings is 1. The fourth-order valence-corrected chi connectivity index (χ4v) is 3.27. The largest absolute Gasteiger partial charge is 0.363 e. The lowest BCUT2D eigenvalue weighted by atomic mass is 10.1. The maximum absolute atomic E-state index is 14.0. The van der Waals surface area contributed by atoms with Crippen molar-refractivity contribution >= 4 is 21.8 Å². The number of hydrogen-bond acceptors (Lipinski definition) is 4. The number of alkyl halides is 2. The summed E-state index contributed by atoms with van der Waals surface area (Å²) in [4.78, 5) is 4.42. The van der Waals surface area contributed by atoms with E-state index in [1.807, 2.05) is 30.3 Å². The molecular weight excluding hydrogens is 352 g/mol. The molecule has 0 aliphatic rings. The number of aliphatic hydroxyl groups is 2. The van der Waals surface area contributed by atoms with Gasteiger partial charge in [-0.1, -0.05) is 36.4 Å². The van der Waals surface area contributed by atoms with E-state index in [0.29, 0.717) is 17.8 Å². The maximum atomic E-state index is 14.0. The molecule has 0 saturated carbocycles. The Hall–Kier alpha value is -2.90. The van der Waals surface area contributed by atoms with E-state index >= 15 is 0 Å². The Labute approximate surface area is 153 Å². The summed E-state index contributed by atoms with van der Waals surface area (Å²) in [5.74, 6) is -3.77. The standard InChI is InChI=1S/C20H17F2N3O2/c1-12-16-8-7-15(20(21,22)19(26)27)10-17(16)25(24-12)11-14-5-2-4-13-6-3-9-23-18(13)14/h2-10,19,26-27H,11H2,1H3. The number of para-hydroxylation sites is 1. The molecule has 2 heterocycles. The third kappa shape index (κ3) is 2.94. The molecule has 138 valence electrons. The third-order valence-electron chi connectivity index (χ3n) is 4.68. The van der Waals surface area contributed by atoms with Crippen molar-refractivity contribution in [3.63, 3.8) is 0 Å². The molecule has 7 heteroatoms. The second-order valence-corrected chi connectivity index (χ2v) is 6.46. The van der Waals surface area contributed by atoms with E-state index in [1.54, 1.807) is 17.8 Å². The molecule has 4 rings (SSSR count). The number of hydrogen-bond donors (Lipinski definition) is 2. The van der Waals surface area contributed by atoms with Crippen LogP contribution in [0.1, 0.15) is 16.8 Å². The van der Waals surface area contributed by atoms with Crippen molar-refractivity contribution in [1.82, 2.24) is 14.8 Å². The van der Waals surface area contributed by atoms with Gasteiger partial charge >= 0.3 is 5.92 Å². The van der Waals surface area contributed by atoms with E-state index in [-0.39, 0.29) is 0 Å². The summed E-state index contributed by atoms with van der Waals surface area (Å²) in [7, 11) is 0. The van der Waals surface area contributed by atoms with Gasteiger partial charge in [0, 0.05) is 22.5 Å². The summed E-state index contributed by atoms with van der Waals surface area (Å²) >= 11 is 0. The zero-order valence-corrected chi connectivity index (χ0v) is 14.5. The number of rotatable bonds is 4. The van der Waals surface area contributed by atoms with Crippen LogP contribution in [-0.2, 0) is 12.5 Å². The summed E-state index contributed by atoms with van der Waals surface area (Å²) in [5, 5.41) is 24.2. The number of nitrogens with zero attached hydrogens (tertiary/aromatic N) is 3. The monoisotopic (exact) mass is 369 g/mol. The maximum Gasteiger partial charge on any atom is 0.322 e. The molecule has 0 unspecified atom stereocenters. The average molecular weight is 369 g/mol. The van der Waals surface area contributed by atoms with Gasteiger partial charge in [-0.3, -0.25) is 9.67 Å². The molecule has 0 bridgehead atoms. The number of halogens is 2. The van der Waals surface area contributed by atoms with E-state index in [2.05, 4.69) is 10.1 Å². The van der Waals surface area contributed by atoms with Gasteiger partial charge in [0.25, 0.3) is 0 Å². The van der Waals surface area contributed by atoms with E-state index in [4.69, 9.17) is 10.2 Å². The molecule has 0 spiro atoms. The van der Waals surface area contributed by atoms with Crippen LogP contribution < -0.4 is 0 Å². The average Bonchev–Trinajstić information content (AvgIpc) is 2.97. The molecule has 2 aromatic heterocycles. The quantitative estimate of drug-likeness (QED) is 0.541. The SMILES string of the molecule is Cc1nn(Cc2cccc3cccnc23)c2cc(C(F)(F)C(O)O)ccc12. The van der Waals surface area contributed by atoms with Crippen LogP contribution in [0, 0.1) is 6.92 Å². The van der Waals surface area contributed by atoms with Crippen LogP contribution in [0.4, 0.5) is 8.78 Å². The highest BCUT2D eigenvalue weighted by atomic mass is 19.3. The number of benzene rings is 2. The Bertz CT molecular complexity index is 1130. The van der Waals surface area contributed by atoms with Crippen molar-refractivity contribution < 1.29 is 19.0 Å². The highest BCUT2D eigenvalue weighted by Gasteiger charge is 2.39. The first-order valence-corrected chi connectivity index (χ1v) is 8.42. The highest BCUT2D eigenvalue weighted by Crippen LogP contribution is 2.33. The number of aromatic nitrogens is 3. The summed E-state index contributed by atoms with van der Waals surface area (Å²) in [6, 6.07) is 13.6. The first kappa shape index (κ1) is 17.5. The van der Waals surface area contributed by atoms with Gasteiger partial charge in [-0.05, 0) is 24.6 Å². The van der Waals surface area contributed by atoms with Gasteiger partial charge < -0.3 is 10.2 Å². The molecule has 2 N–H and O–H groups in total. The minimum Gasteiger partial charge on any atom is -0.363 e. The zero-order chi connectivity index (χ0) is 19.2. The van der Waals surface area contributed by atoms with Gasteiger partial charge in [0.15, 0.2) is 0 Å². The summed E-state index contributed by atoms with van der Waals surface area (Å²) in [6.45, 7) is 2.16. The molecule has 0 aliphatic carbocycles. The molecule has 0 aliphatic heterocycles. The lowest BCUT2D eigenvalue weighted by Crippen LogP contribution is -2.30. The fraction of sp³-hybridized carbons (Fsp3) is 0.200. The molecule has 5 nitrogen and oxygen atoms in total. The first-order chi connectivity index (χ1) is 12.9. The Morgan fingerprint density at radius 3 is 2.67 bits per heavy atom. The molecule has 2 aromatic carbocycles. The van der Waals surface area contributed by atoms with E-state index in [0.717, 1.165) is 21.9 Å². The third-order valence-corrected chi connectivity index (χ3v) is 4.68. The Morgan fingerprint density at radius 2 is 1.89 bits per heavy atom. The smallest absolute Gasteiger partial charge is 0.322 e. The summed E-state index contributed by atoms with van der Waals surface area (Å²) in [6.07, 6.45) is -1.06. The van der Waals surface area contributed by atoms with Crippen molar-refractivity contribution in [2.24, 2.45) is 0 Å². The van der Waals surface area contributed by atoms with Crippen molar-refractivity contribution in [2.45, 2.75) is 25.7 Å². The molecule has 0 atom stereocenters. The van der Waals surface area contributed by atoms with Crippen LogP contribution in [0.25, 0.3) is 21.8 Å². The second kappa shape index (κ2) is 6.37. The van der Waals surface area contributed by atoms with Gasteiger partial charge in [0.2, 0.25) is 6.29 Å². The molecule has 0 amide bonds. The van der Waals surface area contributed by atoms with E-state index in [1.165, 1.54) is 18.2 Å². The van der Waals surface area contributed by atoms with Crippen LogP contribution >= 0.6 is 0 Å². The van der Waals surface area contributed by atoms with Crippen molar-refractivity contribution in [3.05, 3.63) is 71.5 Å². The van der Waals surface area contributed by atoms with E-state index in [9.17, 15) is 8.78 Å². The minimum atomic E-state index is -3.77. The lowest BCUT2D eigenvalue weighted by Gasteiger charge is -2.18. The molecule has 4 aromatic rings. The summed E-state index contributed by atoms with van der Waals surface area (Å²) in [5.41, 5.74) is 2.48. The fourth-order valence-electron chi connectivity index (χ4n) is 3.27. The molecular formula is C20H17F2N3O2. The Morgan fingerprint density at radius 1 is 1.11 bits per heavy atom. The molecule has 0 fully saturated rings. The van der Waals surface area contributed by atoms with Crippen molar-refractivity contribution in [3.8, 4) is 0 Å². The van der Waals surface area contributed by atoms with Gasteiger partial charge in [-0.25, -0.2) is 0 Å². The zero-order valence-electron chi connectivity index (χ0n) is 14.5. The van der Waals surface area contributed by atoms with Crippen molar-refractivity contribution in [1.29, 1.82) is 0 Å². The lowest BCUT2D eigenvalue weighted by molar-refractivity contribution is -0.214. The number of aryl methyl sites for hydroxylation is 1. The number of aliphatic hydroxyl groups excluding tert-OH is 1. The Kier molecular flexibility index (Phi) is 4.13.